The second-order valence-corrected chi connectivity index (χ2v) is 4.94. The van der Waals surface area contributed by atoms with Crippen LogP contribution in [0.3, 0.4) is 0 Å². The highest BCUT2D eigenvalue weighted by molar-refractivity contribution is 6.34. The standard InChI is InChI=1S/C13H14Cl2O/c1-2-10(14)6-7-11-8-9-4-3-5-12(15)13(9)16-11/h3-5,8,10H,2,6-7H2,1H3. The Morgan fingerprint density at radius 1 is 1.38 bits per heavy atom. The molecule has 1 atom stereocenters. The molecule has 1 aromatic carbocycles. The zero-order valence-electron chi connectivity index (χ0n) is 9.17. The minimum absolute atomic E-state index is 0.226. The van der Waals surface area contributed by atoms with Gasteiger partial charge in [0.25, 0.3) is 0 Å². The molecule has 0 radical (unpaired) electrons. The normalized spacial score (nSPS) is 13.2. The van der Waals surface area contributed by atoms with Crippen molar-refractivity contribution in [2.45, 2.75) is 31.6 Å². The summed E-state index contributed by atoms with van der Waals surface area (Å²) in [6.45, 7) is 2.09. The molecular formula is C13H14Cl2O. The molecule has 1 heterocycles. The van der Waals surface area contributed by atoms with Gasteiger partial charge in [-0.25, -0.2) is 0 Å². The van der Waals surface area contributed by atoms with Gasteiger partial charge in [-0.05, 0) is 25.0 Å². The first-order valence-electron chi connectivity index (χ1n) is 5.51. The van der Waals surface area contributed by atoms with E-state index in [1.807, 2.05) is 24.3 Å². The van der Waals surface area contributed by atoms with Crippen molar-refractivity contribution in [1.82, 2.24) is 0 Å². The summed E-state index contributed by atoms with van der Waals surface area (Å²) in [5, 5.41) is 1.95. The zero-order chi connectivity index (χ0) is 11.5. The Bertz CT molecular complexity index is 476. The molecule has 0 aliphatic rings. The Hall–Kier alpha value is -0.660. The van der Waals surface area contributed by atoms with Crippen molar-refractivity contribution in [2.24, 2.45) is 0 Å². The molecule has 0 aliphatic heterocycles. The summed E-state index contributed by atoms with van der Waals surface area (Å²) < 4.78 is 5.70. The van der Waals surface area contributed by atoms with Crippen molar-refractivity contribution in [3.8, 4) is 0 Å². The lowest BCUT2D eigenvalue weighted by molar-refractivity contribution is 0.533. The molecule has 0 saturated carbocycles. The van der Waals surface area contributed by atoms with Gasteiger partial charge in [0.1, 0.15) is 5.76 Å². The Balaban J connectivity index is 2.17. The van der Waals surface area contributed by atoms with Crippen LogP contribution in [-0.2, 0) is 6.42 Å². The lowest BCUT2D eigenvalue weighted by atomic mass is 10.1. The maximum atomic E-state index is 6.08. The van der Waals surface area contributed by atoms with E-state index < -0.39 is 0 Å². The van der Waals surface area contributed by atoms with E-state index in [9.17, 15) is 0 Å². The minimum atomic E-state index is 0.226. The van der Waals surface area contributed by atoms with Crippen LogP contribution in [0.2, 0.25) is 5.02 Å². The number of para-hydroxylation sites is 1. The van der Waals surface area contributed by atoms with Crippen molar-refractivity contribution in [3.63, 3.8) is 0 Å². The van der Waals surface area contributed by atoms with Crippen LogP contribution >= 0.6 is 23.2 Å². The number of rotatable bonds is 4. The fourth-order valence-corrected chi connectivity index (χ4v) is 2.04. The van der Waals surface area contributed by atoms with Crippen LogP contribution < -0.4 is 0 Å². The number of hydrogen-bond donors (Lipinski definition) is 0. The van der Waals surface area contributed by atoms with Crippen LogP contribution in [-0.4, -0.2) is 5.38 Å². The van der Waals surface area contributed by atoms with Gasteiger partial charge in [0.15, 0.2) is 5.58 Å². The van der Waals surface area contributed by atoms with Crippen LogP contribution in [0.4, 0.5) is 0 Å². The summed E-state index contributed by atoms with van der Waals surface area (Å²) >= 11 is 12.1. The monoisotopic (exact) mass is 256 g/mol. The second-order valence-electron chi connectivity index (χ2n) is 3.92. The molecule has 0 saturated heterocycles. The van der Waals surface area contributed by atoms with Gasteiger partial charge in [-0.1, -0.05) is 30.7 Å². The predicted octanol–water partition coefficient (Wildman–Crippen LogP) is 5.04. The van der Waals surface area contributed by atoms with Crippen LogP contribution in [0.25, 0.3) is 11.0 Å². The average Bonchev–Trinajstić information content (AvgIpc) is 2.70. The van der Waals surface area contributed by atoms with E-state index in [1.165, 1.54) is 0 Å². The maximum Gasteiger partial charge on any atom is 0.152 e. The van der Waals surface area contributed by atoms with Gasteiger partial charge in [-0.15, -0.1) is 11.6 Å². The van der Waals surface area contributed by atoms with Crippen LogP contribution in [0.15, 0.2) is 28.7 Å². The molecule has 2 rings (SSSR count). The molecule has 0 fully saturated rings. The smallest absolute Gasteiger partial charge is 0.152 e. The summed E-state index contributed by atoms with van der Waals surface area (Å²) in [5.41, 5.74) is 0.779. The highest BCUT2D eigenvalue weighted by Gasteiger charge is 2.08. The largest absolute Gasteiger partial charge is 0.460 e. The van der Waals surface area contributed by atoms with Gasteiger partial charge in [0, 0.05) is 17.2 Å². The molecule has 0 amide bonds. The first kappa shape index (κ1) is 11.8. The van der Waals surface area contributed by atoms with Gasteiger partial charge in [-0.2, -0.15) is 0 Å². The number of hydrogen-bond acceptors (Lipinski definition) is 1. The van der Waals surface area contributed by atoms with E-state index in [4.69, 9.17) is 27.6 Å². The third kappa shape index (κ3) is 2.53. The lowest BCUT2D eigenvalue weighted by Crippen LogP contribution is -1.97. The van der Waals surface area contributed by atoms with Gasteiger partial charge < -0.3 is 4.42 Å². The Labute approximate surface area is 105 Å². The molecule has 1 nitrogen and oxygen atoms in total. The molecule has 0 N–H and O–H groups in total. The van der Waals surface area contributed by atoms with Crippen molar-refractivity contribution in [3.05, 3.63) is 35.0 Å². The highest BCUT2D eigenvalue weighted by atomic mass is 35.5. The lowest BCUT2D eigenvalue weighted by Gasteiger charge is -2.02. The summed E-state index contributed by atoms with van der Waals surface area (Å²) in [7, 11) is 0. The summed E-state index contributed by atoms with van der Waals surface area (Å²) in [4.78, 5) is 0. The second kappa shape index (κ2) is 5.11. The Kier molecular flexibility index (Phi) is 3.78. The number of halogens is 2. The molecule has 2 aromatic rings. The Morgan fingerprint density at radius 3 is 2.88 bits per heavy atom. The molecule has 0 aliphatic carbocycles. The average molecular weight is 257 g/mol. The number of furan rings is 1. The van der Waals surface area contributed by atoms with Crippen molar-refractivity contribution >= 4 is 34.2 Å². The third-order valence-electron chi connectivity index (χ3n) is 2.69. The molecule has 0 bridgehead atoms. The van der Waals surface area contributed by atoms with E-state index in [2.05, 4.69) is 6.92 Å². The van der Waals surface area contributed by atoms with Gasteiger partial charge in [-0.3, -0.25) is 0 Å². The maximum absolute atomic E-state index is 6.08. The quantitative estimate of drug-likeness (QED) is 0.699. The van der Waals surface area contributed by atoms with Gasteiger partial charge in [0.2, 0.25) is 0 Å². The van der Waals surface area contributed by atoms with Gasteiger partial charge >= 0.3 is 0 Å². The Morgan fingerprint density at radius 2 is 2.19 bits per heavy atom. The van der Waals surface area contributed by atoms with Crippen molar-refractivity contribution < 1.29 is 4.42 Å². The molecule has 0 spiro atoms. The van der Waals surface area contributed by atoms with Crippen LogP contribution in [0, 0.1) is 0 Å². The molecule has 1 unspecified atom stereocenters. The molecule has 1 aromatic heterocycles. The highest BCUT2D eigenvalue weighted by Crippen LogP contribution is 2.27. The van der Waals surface area contributed by atoms with Crippen LogP contribution in [0.1, 0.15) is 25.5 Å². The van der Waals surface area contributed by atoms with E-state index >= 15 is 0 Å². The van der Waals surface area contributed by atoms with E-state index in [-0.39, 0.29) is 5.38 Å². The number of fused-ring (bicyclic) bond motifs is 1. The number of alkyl halides is 1. The number of aryl methyl sites for hydroxylation is 1. The van der Waals surface area contributed by atoms with E-state index in [1.54, 1.807) is 0 Å². The molecule has 16 heavy (non-hydrogen) atoms. The number of benzene rings is 1. The topological polar surface area (TPSA) is 13.1 Å². The zero-order valence-corrected chi connectivity index (χ0v) is 10.7. The van der Waals surface area contributed by atoms with Crippen LogP contribution in [0.5, 0.6) is 0 Å². The fourth-order valence-electron chi connectivity index (χ4n) is 1.71. The summed E-state index contributed by atoms with van der Waals surface area (Å²) in [6, 6.07) is 7.82. The molecule has 3 heteroatoms. The first-order valence-corrected chi connectivity index (χ1v) is 6.33. The van der Waals surface area contributed by atoms with Crippen molar-refractivity contribution in [2.75, 3.05) is 0 Å². The first-order chi connectivity index (χ1) is 7.70. The SMILES string of the molecule is CCC(Cl)CCc1cc2cccc(Cl)c2o1. The third-order valence-corrected chi connectivity index (χ3v) is 3.52. The summed E-state index contributed by atoms with van der Waals surface area (Å²) in [6.07, 6.45) is 2.80. The minimum Gasteiger partial charge on any atom is -0.460 e. The predicted molar refractivity (Wildman–Crippen MR) is 69.5 cm³/mol. The van der Waals surface area contributed by atoms with E-state index in [0.717, 1.165) is 36.0 Å². The molecular weight excluding hydrogens is 243 g/mol. The fraction of sp³-hybridized carbons (Fsp3) is 0.385. The molecule has 86 valence electrons. The van der Waals surface area contributed by atoms with Crippen molar-refractivity contribution in [1.29, 1.82) is 0 Å². The summed E-state index contributed by atoms with van der Waals surface area (Å²) in [5.74, 6) is 0.960. The van der Waals surface area contributed by atoms with E-state index in [0.29, 0.717) is 5.02 Å². The van der Waals surface area contributed by atoms with Gasteiger partial charge in [0.05, 0.1) is 5.02 Å².